The highest BCUT2D eigenvalue weighted by molar-refractivity contribution is 7.99. The second-order valence-corrected chi connectivity index (χ2v) is 5.57. The summed E-state index contributed by atoms with van der Waals surface area (Å²) >= 11 is 7.87. The molecule has 2 nitrogen and oxygen atoms in total. The normalized spacial score (nSPS) is 12.6. The van der Waals surface area contributed by atoms with Crippen molar-refractivity contribution in [2.75, 3.05) is 5.75 Å². The number of rotatable bonds is 8. The minimum atomic E-state index is 0.364. The Morgan fingerprint density at radius 2 is 2.12 bits per heavy atom. The van der Waals surface area contributed by atoms with E-state index in [1.54, 1.807) is 11.8 Å². The van der Waals surface area contributed by atoms with Crippen molar-refractivity contribution < 1.29 is 0 Å². The third-order valence-electron chi connectivity index (χ3n) is 2.67. The average Bonchev–Trinajstić information content (AvgIpc) is 2.35. The van der Waals surface area contributed by atoms with Crippen molar-refractivity contribution >= 4 is 23.4 Å². The first kappa shape index (κ1) is 14.8. The molecular weight excluding hydrogens is 252 g/mol. The van der Waals surface area contributed by atoms with E-state index < -0.39 is 0 Å². The Morgan fingerprint density at radius 1 is 1.35 bits per heavy atom. The van der Waals surface area contributed by atoms with Gasteiger partial charge in [0.25, 0.3) is 0 Å². The zero-order chi connectivity index (χ0) is 12.5. The fourth-order valence-corrected chi connectivity index (χ4v) is 2.93. The summed E-state index contributed by atoms with van der Waals surface area (Å²) in [5.41, 5.74) is 2.89. The minimum Gasteiger partial charge on any atom is -0.271 e. The minimum absolute atomic E-state index is 0.364. The molecule has 0 amide bonds. The molecule has 3 N–H and O–H groups in total. The maximum Gasteiger partial charge on any atom is 0.0541 e. The molecule has 1 atom stereocenters. The quantitative estimate of drug-likeness (QED) is 0.327. The molecule has 0 fully saturated rings. The first-order valence-electron chi connectivity index (χ1n) is 6.11. The number of unbranched alkanes of at least 4 members (excludes halogenated alkanes) is 2. The van der Waals surface area contributed by atoms with Crippen molar-refractivity contribution in [2.45, 2.75) is 43.5 Å². The number of halogens is 1. The molecule has 0 spiro atoms. The van der Waals surface area contributed by atoms with E-state index in [1.165, 1.54) is 19.3 Å². The van der Waals surface area contributed by atoms with Crippen LogP contribution in [0.3, 0.4) is 0 Å². The molecule has 1 unspecified atom stereocenters. The Balaban J connectivity index is 2.34. The molecule has 0 saturated carbocycles. The summed E-state index contributed by atoms with van der Waals surface area (Å²) in [6.07, 6.45) is 4.88. The highest BCUT2D eigenvalue weighted by atomic mass is 35.5. The molecule has 96 valence electrons. The summed E-state index contributed by atoms with van der Waals surface area (Å²) in [5, 5.41) is 0.821. The molecule has 17 heavy (non-hydrogen) atoms. The van der Waals surface area contributed by atoms with Crippen LogP contribution in [-0.4, -0.2) is 11.8 Å². The molecule has 4 heteroatoms. The van der Waals surface area contributed by atoms with Crippen LogP contribution in [0.4, 0.5) is 0 Å². The number of thioether (sulfide) groups is 1. The summed E-state index contributed by atoms with van der Waals surface area (Å²) in [6.45, 7) is 2.21. The van der Waals surface area contributed by atoms with Gasteiger partial charge in [0.15, 0.2) is 0 Å². The van der Waals surface area contributed by atoms with Crippen molar-refractivity contribution in [3.63, 3.8) is 0 Å². The lowest BCUT2D eigenvalue weighted by Gasteiger charge is -2.15. The van der Waals surface area contributed by atoms with E-state index in [4.69, 9.17) is 17.4 Å². The molecule has 0 heterocycles. The highest BCUT2D eigenvalue weighted by Gasteiger charge is 2.08. The Bertz CT molecular complexity index is 320. The maximum atomic E-state index is 6.11. The van der Waals surface area contributed by atoms with E-state index in [-0.39, 0.29) is 0 Å². The van der Waals surface area contributed by atoms with Crippen LogP contribution in [0.15, 0.2) is 29.2 Å². The third kappa shape index (κ3) is 5.77. The van der Waals surface area contributed by atoms with Crippen LogP contribution in [0.5, 0.6) is 0 Å². The van der Waals surface area contributed by atoms with Gasteiger partial charge in [0.2, 0.25) is 0 Å². The smallest absolute Gasteiger partial charge is 0.0541 e. The molecule has 0 aliphatic heterocycles. The van der Waals surface area contributed by atoms with E-state index in [0.29, 0.717) is 6.04 Å². The first-order valence-corrected chi connectivity index (χ1v) is 7.47. The van der Waals surface area contributed by atoms with Gasteiger partial charge < -0.3 is 0 Å². The van der Waals surface area contributed by atoms with E-state index in [9.17, 15) is 0 Å². The molecule has 0 saturated heterocycles. The predicted molar refractivity (Wildman–Crippen MR) is 77.4 cm³/mol. The summed E-state index contributed by atoms with van der Waals surface area (Å²) in [5.74, 6) is 6.52. The van der Waals surface area contributed by atoms with Crippen molar-refractivity contribution in [1.82, 2.24) is 5.43 Å². The van der Waals surface area contributed by atoms with Crippen molar-refractivity contribution in [1.29, 1.82) is 0 Å². The van der Waals surface area contributed by atoms with Gasteiger partial charge in [-0.25, -0.2) is 0 Å². The average molecular weight is 273 g/mol. The summed E-state index contributed by atoms with van der Waals surface area (Å²) in [4.78, 5) is 1.13. The van der Waals surface area contributed by atoms with Crippen molar-refractivity contribution in [3.05, 3.63) is 29.3 Å². The van der Waals surface area contributed by atoms with Crippen LogP contribution in [0.2, 0.25) is 5.02 Å². The van der Waals surface area contributed by atoms with Gasteiger partial charge in [0, 0.05) is 16.7 Å². The second kappa shape index (κ2) is 8.81. The Morgan fingerprint density at radius 3 is 2.76 bits per heavy atom. The van der Waals surface area contributed by atoms with Crippen LogP contribution in [-0.2, 0) is 0 Å². The standard InChI is InChI=1S/C13H21ClN2S/c1-2-3-4-7-11(16-15)10-17-13-9-6-5-8-12(13)14/h5-6,8-9,11,16H,2-4,7,10,15H2,1H3. The molecule has 1 rings (SSSR count). The predicted octanol–water partition coefficient (Wildman–Crippen LogP) is 3.84. The van der Waals surface area contributed by atoms with Crippen LogP contribution >= 0.6 is 23.4 Å². The van der Waals surface area contributed by atoms with E-state index in [1.807, 2.05) is 24.3 Å². The van der Waals surface area contributed by atoms with Crippen LogP contribution in [0.25, 0.3) is 0 Å². The zero-order valence-electron chi connectivity index (χ0n) is 10.3. The SMILES string of the molecule is CCCCCC(CSc1ccccc1Cl)NN. The van der Waals surface area contributed by atoms with Gasteiger partial charge in [-0.2, -0.15) is 0 Å². The van der Waals surface area contributed by atoms with Gasteiger partial charge in [0.05, 0.1) is 5.02 Å². The van der Waals surface area contributed by atoms with E-state index in [0.717, 1.165) is 22.1 Å². The lowest BCUT2D eigenvalue weighted by Crippen LogP contribution is -2.36. The molecule has 0 aliphatic carbocycles. The summed E-state index contributed by atoms with van der Waals surface area (Å²) in [6, 6.07) is 8.30. The fourth-order valence-electron chi connectivity index (χ4n) is 1.61. The summed E-state index contributed by atoms with van der Waals surface area (Å²) in [7, 11) is 0. The highest BCUT2D eigenvalue weighted by Crippen LogP contribution is 2.27. The molecule has 1 aromatic rings. The molecule has 0 bridgehead atoms. The molecule has 0 aliphatic rings. The Hall–Kier alpha value is -0.220. The maximum absolute atomic E-state index is 6.11. The van der Waals surface area contributed by atoms with Gasteiger partial charge in [-0.15, -0.1) is 11.8 Å². The van der Waals surface area contributed by atoms with Gasteiger partial charge in [-0.05, 0) is 18.6 Å². The summed E-state index contributed by atoms with van der Waals surface area (Å²) < 4.78 is 0. The van der Waals surface area contributed by atoms with Crippen LogP contribution in [0, 0.1) is 0 Å². The van der Waals surface area contributed by atoms with Crippen LogP contribution < -0.4 is 11.3 Å². The zero-order valence-corrected chi connectivity index (χ0v) is 11.9. The first-order chi connectivity index (χ1) is 8.27. The number of hydrogen-bond donors (Lipinski definition) is 2. The topological polar surface area (TPSA) is 38.0 Å². The molecule has 0 radical (unpaired) electrons. The Labute approximate surface area is 113 Å². The van der Waals surface area contributed by atoms with Gasteiger partial charge >= 0.3 is 0 Å². The number of benzene rings is 1. The van der Waals surface area contributed by atoms with Gasteiger partial charge in [0.1, 0.15) is 0 Å². The lowest BCUT2D eigenvalue weighted by atomic mass is 10.1. The van der Waals surface area contributed by atoms with Gasteiger partial charge in [-0.3, -0.25) is 11.3 Å². The molecule has 0 aromatic heterocycles. The largest absolute Gasteiger partial charge is 0.271 e. The van der Waals surface area contributed by atoms with Crippen molar-refractivity contribution in [2.24, 2.45) is 5.84 Å². The number of nitrogens with one attached hydrogen (secondary N) is 1. The number of hydrazine groups is 1. The van der Waals surface area contributed by atoms with Crippen molar-refractivity contribution in [3.8, 4) is 0 Å². The number of nitrogens with two attached hydrogens (primary N) is 1. The molecular formula is C13H21ClN2S. The second-order valence-electron chi connectivity index (χ2n) is 4.10. The van der Waals surface area contributed by atoms with E-state index in [2.05, 4.69) is 12.3 Å². The Kier molecular flexibility index (Phi) is 7.69. The van der Waals surface area contributed by atoms with E-state index >= 15 is 0 Å². The fraction of sp³-hybridized carbons (Fsp3) is 0.538. The molecule has 1 aromatic carbocycles. The monoisotopic (exact) mass is 272 g/mol. The van der Waals surface area contributed by atoms with Crippen LogP contribution in [0.1, 0.15) is 32.6 Å². The number of hydrogen-bond acceptors (Lipinski definition) is 3. The lowest BCUT2D eigenvalue weighted by molar-refractivity contribution is 0.507. The van der Waals surface area contributed by atoms with Gasteiger partial charge in [-0.1, -0.05) is 49.9 Å². The third-order valence-corrected chi connectivity index (χ3v) is 4.35.